The molecule has 0 aromatic heterocycles. The summed E-state index contributed by atoms with van der Waals surface area (Å²) < 4.78 is 13.3. The molecule has 1 heterocycles. The Morgan fingerprint density at radius 2 is 1.38 bits per heavy atom. The zero-order valence-electron chi connectivity index (χ0n) is 15.1. The summed E-state index contributed by atoms with van der Waals surface area (Å²) >= 11 is 0. The van der Waals surface area contributed by atoms with Gasteiger partial charge in [0.2, 0.25) is 0 Å². The van der Waals surface area contributed by atoms with Crippen molar-refractivity contribution in [3.63, 3.8) is 0 Å². The van der Waals surface area contributed by atoms with Gasteiger partial charge < -0.3 is 9.80 Å². The molecule has 0 radical (unpaired) electrons. The Kier molecular flexibility index (Phi) is 5.35. The average molecular weight is 354 g/mol. The largest absolute Gasteiger partial charge is 0.335 e. The van der Waals surface area contributed by atoms with Crippen molar-refractivity contribution in [2.75, 3.05) is 26.2 Å². The summed E-state index contributed by atoms with van der Waals surface area (Å²) in [6.45, 7) is 6.09. The van der Waals surface area contributed by atoms with Crippen LogP contribution in [0, 0.1) is 5.82 Å². The van der Waals surface area contributed by atoms with Gasteiger partial charge in [-0.25, -0.2) is 4.39 Å². The van der Waals surface area contributed by atoms with Gasteiger partial charge in [-0.15, -0.1) is 0 Å². The van der Waals surface area contributed by atoms with Crippen molar-refractivity contribution in [2.24, 2.45) is 0 Å². The Balaban J connectivity index is 1.61. The smallest absolute Gasteiger partial charge is 0.254 e. The molecule has 3 rings (SSSR count). The summed E-state index contributed by atoms with van der Waals surface area (Å²) in [5, 5.41) is 0. The monoisotopic (exact) mass is 354 g/mol. The van der Waals surface area contributed by atoms with E-state index in [2.05, 4.69) is 13.8 Å². The lowest BCUT2D eigenvalue weighted by Crippen LogP contribution is -2.50. The molecule has 0 bridgehead atoms. The Morgan fingerprint density at radius 3 is 1.88 bits per heavy atom. The maximum atomic E-state index is 13.3. The first kappa shape index (κ1) is 18.1. The van der Waals surface area contributed by atoms with Gasteiger partial charge in [0, 0.05) is 37.3 Å². The van der Waals surface area contributed by atoms with Gasteiger partial charge in [-0.2, -0.15) is 0 Å². The molecule has 2 amide bonds. The molecule has 0 N–H and O–H groups in total. The van der Waals surface area contributed by atoms with Gasteiger partial charge in [0.05, 0.1) is 0 Å². The molecule has 1 saturated heterocycles. The first-order valence-electron chi connectivity index (χ1n) is 8.90. The molecule has 0 spiro atoms. The summed E-state index contributed by atoms with van der Waals surface area (Å²) in [5.74, 6) is -0.206. The number of benzene rings is 2. The Labute approximate surface area is 153 Å². The Hall–Kier alpha value is -2.69. The lowest BCUT2D eigenvalue weighted by molar-refractivity contribution is 0.0535. The summed E-state index contributed by atoms with van der Waals surface area (Å²) in [6, 6.07) is 13.4. The van der Waals surface area contributed by atoms with Crippen LogP contribution in [0.4, 0.5) is 4.39 Å². The molecule has 2 aromatic rings. The Morgan fingerprint density at radius 1 is 0.846 bits per heavy atom. The minimum atomic E-state index is -0.422. The normalized spacial score (nSPS) is 14.6. The fraction of sp³-hybridized carbons (Fsp3) is 0.333. The van der Waals surface area contributed by atoms with E-state index in [0.717, 1.165) is 0 Å². The molecule has 136 valence electrons. The van der Waals surface area contributed by atoms with Crippen LogP contribution in [0.3, 0.4) is 0 Å². The van der Waals surface area contributed by atoms with Gasteiger partial charge in [0.25, 0.3) is 11.8 Å². The highest BCUT2D eigenvalue weighted by molar-refractivity contribution is 5.96. The first-order chi connectivity index (χ1) is 12.5. The number of hydrogen-bond acceptors (Lipinski definition) is 2. The molecule has 1 aliphatic heterocycles. The second-order valence-corrected chi connectivity index (χ2v) is 6.87. The van der Waals surface area contributed by atoms with Gasteiger partial charge in [-0.3, -0.25) is 9.59 Å². The number of hydrogen-bond donors (Lipinski definition) is 0. The van der Waals surface area contributed by atoms with Crippen LogP contribution in [0.1, 0.15) is 46.0 Å². The molecule has 2 aromatic carbocycles. The first-order valence-corrected chi connectivity index (χ1v) is 8.90. The van der Waals surface area contributed by atoms with Crippen LogP contribution in [0.25, 0.3) is 0 Å². The summed E-state index contributed by atoms with van der Waals surface area (Å²) in [7, 11) is 0. The second-order valence-electron chi connectivity index (χ2n) is 6.87. The fourth-order valence-electron chi connectivity index (χ4n) is 3.11. The van der Waals surface area contributed by atoms with Crippen molar-refractivity contribution in [2.45, 2.75) is 19.8 Å². The summed E-state index contributed by atoms with van der Waals surface area (Å²) in [5.41, 5.74) is 2.21. The highest BCUT2D eigenvalue weighted by atomic mass is 19.1. The number of nitrogens with zero attached hydrogens (tertiary/aromatic N) is 2. The van der Waals surface area contributed by atoms with Crippen LogP contribution in [0.5, 0.6) is 0 Å². The average Bonchev–Trinajstić information content (AvgIpc) is 2.67. The van der Waals surface area contributed by atoms with Crippen molar-refractivity contribution < 1.29 is 14.0 Å². The molecule has 0 saturated carbocycles. The molecule has 4 nitrogen and oxygen atoms in total. The summed E-state index contributed by atoms with van der Waals surface area (Å²) in [6.07, 6.45) is 0. The van der Waals surface area contributed by atoms with Crippen molar-refractivity contribution in [3.8, 4) is 0 Å². The lowest BCUT2D eigenvalue weighted by Gasteiger charge is -2.35. The van der Waals surface area contributed by atoms with E-state index >= 15 is 0 Å². The predicted octanol–water partition coefficient (Wildman–Crippen LogP) is 3.55. The van der Waals surface area contributed by atoms with Gasteiger partial charge in [0.15, 0.2) is 0 Å². The van der Waals surface area contributed by atoms with E-state index in [0.29, 0.717) is 43.2 Å². The van der Waals surface area contributed by atoms with Crippen LogP contribution in [0.15, 0.2) is 48.5 Å². The second kappa shape index (κ2) is 7.68. The minimum absolute atomic E-state index is 0.0156. The SMILES string of the molecule is CC(C)c1ccc(C(=O)N2CCN(C(=O)c3cccc(F)c3)CC2)cc1. The maximum absolute atomic E-state index is 13.3. The molecule has 0 unspecified atom stereocenters. The van der Waals surface area contributed by atoms with E-state index in [1.54, 1.807) is 15.9 Å². The van der Waals surface area contributed by atoms with Crippen LogP contribution in [-0.4, -0.2) is 47.8 Å². The van der Waals surface area contributed by atoms with E-state index in [4.69, 9.17) is 0 Å². The van der Waals surface area contributed by atoms with E-state index < -0.39 is 5.82 Å². The number of carbonyl (C=O) groups is 2. The maximum Gasteiger partial charge on any atom is 0.254 e. The number of halogens is 1. The number of carbonyl (C=O) groups excluding carboxylic acids is 2. The zero-order chi connectivity index (χ0) is 18.7. The minimum Gasteiger partial charge on any atom is -0.335 e. The molecule has 1 aliphatic rings. The van der Waals surface area contributed by atoms with Crippen LogP contribution >= 0.6 is 0 Å². The third kappa shape index (κ3) is 3.93. The number of rotatable bonds is 3. The van der Waals surface area contributed by atoms with E-state index in [1.807, 2.05) is 24.3 Å². The van der Waals surface area contributed by atoms with Crippen LogP contribution in [0.2, 0.25) is 0 Å². The zero-order valence-corrected chi connectivity index (χ0v) is 15.1. The molecule has 26 heavy (non-hydrogen) atoms. The van der Waals surface area contributed by atoms with Gasteiger partial charge in [0.1, 0.15) is 5.82 Å². The standard InChI is InChI=1S/C21H23FN2O2/c1-15(2)16-6-8-17(9-7-16)20(25)23-10-12-24(13-11-23)21(26)18-4-3-5-19(22)14-18/h3-9,14-15H,10-13H2,1-2H3. The van der Waals surface area contributed by atoms with Crippen molar-refractivity contribution in [1.82, 2.24) is 9.80 Å². The number of piperazine rings is 1. The van der Waals surface area contributed by atoms with Crippen molar-refractivity contribution >= 4 is 11.8 Å². The third-order valence-corrected chi connectivity index (χ3v) is 4.75. The van der Waals surface area contributed by atoms with Gasteiger partial charge >= 0.3 is 0 Å². The summed E-state index contributed by atoms with van der Waals surface area (Å²) in [4.78, 5) is 28.5. The van der Waals surface area contributed by atoms with E-state index in [9.17, 15) is 14.0 Å². The van der Waals surface area contributed by atoms with Crippen molar-refractivity contribution in [1.29, 1.82) is 0 Å². The highest BCUT2D eigenvalue weighted by Gasteiger charge is 2.25. The number of amides is 2. The molecule has 1 fully saturated rings. The Bertz CT molecular complexity index is 794. The molecule has 5 heteroatoms. The molecule has 0 aliphatic carbocycles. The van der Waals surface area contributed by atoms with Gasteiger partial charge in [-0.05, 0) is 41.8 Å². The molecular weight excluding hydrogens is 331 g/mol. The molecular formula is C21H23FN2O2. The molecule has 0 atom stereocenters. The van der Waals surface area contributed by atoms with Gasteiger partial charge in [-0.1, -0.05) is 32.0 Å². The van der Waals surface area contributed by atoms with E-state index in [-0.39, 0.29) is 11.8 Å². The fourth-order valence-corrected chi connectivity index (χ4v) is 3.11. The highest BCUT2D eigenvalue weighted by Crippen LogP contribution is 2.17. The lowest BCUT2D eigenvalue weighted by atomic mass is 10.0. The van der Waals surface area contributed by atoms with Crippen LogP contribution < -0.4 is 0 Å². The van der Waals surface area contributed by atoms with Crippen molar-refractivity contribution in [3.05, 3.63) is 71.0 Å². The predicted molar refractivity (Wildman–Crippen MR) is 98.7 cm³/mol. The van der Waals surface area contributed by atoms with E-state index in [1.165, 1.54) is 23.8 Å². The topological polar surface area (TPSA) is 40.6 Å². The third-order valence-electron chi connectivity index (χ3n) is 4.75. The van der Waals surface area contributed by atoms with Crippen LogP contribution in [-0.2, 0) is 0 Å². The quantitative estimate of drug-likeness (QED) is 0.846.